The van der Waals surface area contributed by atoms with Gasteiger partial charge in [0.1, 0.15) is 18.3 Å². The van der Waals surface area contributed by atoms with Crippen molar-refractivity contribution in [1.29, 1.82) is 0 Å². The average Bonchev–Trinajstić information content (AvgIpc) is 3.26. The second kappa shape index (κ2) is 11.0. The second-order valence-electron chi connectivity index (χ2n) is 7.26. The van der Waals surface area contributed by atoms with Crippen LogP contribution in [0.5, 0.6) is 6.01 Å². The molecule has 1 saturated heterocycles. The van der Waals surface area contributed by atoms with Gasteiger partial charge in [-0.3, -0.25) is 18.0 Å². The van der Waals surface area contributed by atoms with E-state index in [0.29, 0.717) is 13.0 Å². The molecule has 0 radical (unpaired) electrons. The number of hydrogen-bond acceptors (Lipinski definition) is 18. The van der Waals surface area contributed by atoms with E-state index in [9.17, 15) is 43.5 Å². The van der Waals surface area contributed by atoms with Gasteiger partial charge in [-0.2, -0.15) is 9.97 Å². The fraction of sp³-hybridized carbons (Fsp3) is 0.643. The summed E-state index contributed by atoms with van der Waals surface area (Å²) in [6.07, 6.45) is -3.72. The van der Waals surface area contributed by atoms with Gasteiger partial charge in [0.15, 0.2) is 23.2 Å². The molecule has 3 rings (SSSR count). The zero-order chi connectivity index (χ0) is 26.9. The molecule has 204 valence electrons. The number of aliphatic hydroxyl groups is 2. The first-order chi connectivity index (χ1) is 16.6. The summed E-state index contributed by atoms with van der Waals surface area (Å²) in [7, 11) is -18.2. The zero-order valence-corrected chi connectivity index (χ0v) is 20.9. The predicted molar refractivity (Wildman–Crippen MR) is 107 cm³/mol. The summed E-state index contributed by atoms with van der Waals surface area (Å²) in [6.45, 7) is 1.15. The van der Waals surface area contributed by atoms with Crippen molar-refractivity contribution in [3.8, 4) is 6.01 Å². The summed E-state index contributed by atoms with van der Waals surface area (Å²) in [5, 5.41) is 20.7. The van der Waals surface area contributed by atoms with Crippen LogP contribution in [0.4, 0.5) is 5.82 Å². The van der Waals surface area contributed by atoms with Crippen LogP contribution < -0.4 is 30.0 Å². The molecule has 0 aromatic carbocycles. The molecule has 36 heavy (non-hydrogen) atoms. The van der Waals surface area contributed by atoms with Gasteiger partial charge in [-0.05, 0) is 6.42 Å². The van der Waals surface area contributed by atoms with Crippen molar-refractivity contribution in [2.75, 3.05) is 18.9 Å². The minimum atomic E-state index is -6.16. The standard InChI is InChI=1S/C14H24N5O14P3/c1-2-3-4-29-14-17-11(15)8-12(18-14)19(6-16-8)13-10(21)9(20)7(31-13)5-30-35(25,26)33-36(27,28)32-34(22,23)24/h6-7,9-10,13,20-21H,2-5H2,1H3,(H,25,26)(H,27,28)(H2,15,17,18)(H2,22,23,24)/p-4. The van der Waals surface area contributed by atoms with Crippen LogP contribution in [-0.4, -0.2) is 61.3 Å². The Morgan fingerprint density at radius 3 is 2.44 bits per heavy atom. The number of rotatable bonds is 12. The minimum absolute atomic E-state index is 0.0485. The van der Waals surface area contributed by atoms with Crippen LogP contribution in [0.2, 0.25) is 0 Å². The molecule has 2 aromatic heterocycles. The Morgan fingerprint density at radius 2 is 1.81 bits per heavy atom. The number of nitrogen functional groups attached to an aromatic ring is 1. The van der Waals surface area contributed by atoms with Crippen LogP contribution in [-0.2, 0) is 31.6 Å². The molecule has 19 nitrogen and oxygen atoms in total. The lowest BCUT2D eigenvalue weighted by Gasteiger charge is -2.37. The predicted octanol–water partition coefficient (Wildman–Crippen LogP) is -2.98. The van der Waals surface area contributed by atoms with Crippen LogP contribution in [0, 0.1) is 0 Å². The van der Waals surface area contributed by atoms with E-state index >= 15 is 0 Å². The molecule has 0 bridgehead atoms. The highest BCUT2D eigenvalue weighted by molar-refractivity contribution is 7.64. The lowest BCUT2D eigenvalue weighted by atomic mass is 10.1. The van der Waals surface area contributed by atoms with E-state index in [1.54, 1.807) is 0 Å². The fourth-order valence-electron chi connectivity index (χ4n) is 3.02. The van der Waals surface area contributed by atoms with Crippen LogP contribution in [0.15, 0.2) is 6.33 Å². The number of nitrogens with zero attached hydrogens (tertiary/aromatic N) is 4. The topological polar surface area (TPSA) is 300 Å². The first-order valence-electron chi connectivity index (χ1n) is 9.98. The van der Waals surface area contributed by atoms with E-state index in [0.717, 1.165) is 12.7 Å². The van der Waals surface area contributed by atoms with Crippen molar-refractivity contribution in [3.05, 3.63) is 6.33 Å². The van der Waals surface area contributed by atoms with Crippen LogP contribution >= 0.6 is 23.5 Å². The number of anilines is 1. The number of nitrogens with two attached hydrogens (primary N) is 1. The molecule has 4 N–H and O–H groups in total. The summed E-state index contributed by atoms with van der Waals surface area (Å²) in [4.78, 5) is 55.9. The molecule has 22 heteroatoms. The minimum Gasteiger partial charge on any atom is -0.790 e. The highest BCUT2D eigenvalue weighted by atomic mass is 31.3. The maximum atomic E-state index is 11.7. The third-order valence-electron chi connectivity index (χ3n) is 4.57. The van der Waals surface area contributed by atoms with Crippen LogP contribution in [0.25, 0.3) is 11.2 Å². The monoisotopic (exact) mass is 575 g/mol. The van der Waals surface area contributed by atoms with E-state index in [4.69, 9.17) is 15.2 Å². The lowest BCUT2D eigenvalue weighted by Crippen LogP contribution is -2.34. The molecule has 1 aliphatic rings. The number of phosphoric acid groups is 3. The van der Waals surface area contributed by atoms with Crippen LogP contribution in [0.3, 0.4) is 0 Å². The highest BCUT2D eigenvalue weighted by Crippen LogP contribution is 2.60. The van der Waals surface area contributed by atoms with E-state index in [-0.39, 0.29) is 23.0 Å². The first kappa shape index (κ1) is 29.0. The summed E-state index contributed by atoms with van der Waals surface area (Å²) in [5.74, 6) is -0.0485. The van der Waals surface area contributed by atoms with Gasteiger partial charge in [-0.25, -0.2) is 9.29 Å². The molecule has 2 aromatic rings. The van der Waals surface area contributed by atoms with Crippen molar-refractivity contribution in [2.45, 2.75) is 44.3 Å². The van der Waals surface area contributed by atoms with Crippen molar-refractivity contribution in [2.24, 2.45) is 0 Å². The summed E-state index contributed by atoms with van der Waals surface area (Å²) < 4.78 is 56.2. The first-order valence-corrected chi connectivity index (χ1v) is 14.4. The largest absolute Gasteiger partial charge is 0.790 e. The van der Waals surface area contributed by atoms with Crippen LogP contribution in [0.1, 0.15) is 26.0 Å². The van der Waals surface area contributed by atoms with Gasteiger partial charge < -0.3 is 54.1 Å². The average molecular weight is 575 g/mol. The van der Waals surface area contributed by atoms with Gasteiger partial charge in [0.05, 0.1) is 27.4 Å². The Labute approximate surface area is 202 Å². The van der Waals surface area contributed by atoms with Gasteiger partial charge in [0.25, 0.3) is 15.6 Å². The number of aromatic nitrogens is 4. The molecule has 6 unspecified atom stereocenters. The Balaban J connectivity index is 1.73. The molecule has 1 aliphatic heterocycles. The molecule has 0 aliphatic carbocycles. The van der Waals surface area contributed by atoms with Gasteiger partial charge in [0.2, 0.25) is 0 Å². The van der Waals surface area contributed by atoms with Gasteiger partial charge in [-0.1, -0.05) is 13.3 Å². The van der Waals surface area contributed by atoms with E-state index < -0.39 is 54.6 Å². The SMILES string of the molecule is CCCCOc1nc(N)c2ncn(C3OC(COP(=O)([O-])OP(=O)([O-])OP(=O)([O-])[O-])C(O)C3O)c2n1. The maximum Gasteiger partial charge on any atom is 0.320 e. The Morgan fingerprint density at radius 1 is 1.11 bits per heavy atom. The van der Waals surface area contributed by atoms with E-state index in [2.05, 4.69) is 28.1 Å². The zero-order valence-electron chi connectivity index (χ0n) is 18.2. The molecule has 3 heterocycles. The molecule has 1 fully saturated rings. The van der Waals surface area contributed by atoms with Gasteiger partial charge >= 0.3 is 6.01 Å². The number of phosphoric ester groups is 1. The van der Waals surface area contributed by atoms with Crippen molar-refractivity contribution in [3.63, 3.8) is 0 Å². The molecule has 0 spiro atoms. The summed E-state index contributed by atoms with van der Waals surface area (Å²) in [6, 6.07) is -0.0856. The third-order valence-corrected chi connectivity index (χ3v) is 8.23. The fourth-order valence-corrected chi connectivity index (χ4v) is 5.89. The number of fused-ring (bicyclic) bond motifs is 1. The van der Waals surface area contributed by atoms with Crippen molar-refractivity contribution >= 4 is 40.4 Å². The maximum absolute atomic E-state index is 11.7. The number of hydrogen-bond donors (Lipinski definition) is 3. The van der Waals surface area contributed by atoms with E-state index in [1.807, 2.05) is 6.92 Å². The van der Waals surface area contributed by atoms with Crippen molar-refractivity contribution < 1.29 is 66.1 Å². The molecule has 6 atom stereocenters. The second-order valence-corrected chi connectivity index (χ2v) is 11.5. The molecule has 0 amide bonds. The highest BCUT2D eigenvalue weighted by Gasteiger charge is 2.45. The summed E-state index contributed by atoms with van der Waals surface area (Å²) in [5.41, 5.74) is 6.03. The normalized spacial score (nSPS) is 26.1. The number of imidazole rings is 1. The third kappa shape index (κ3) is 7.26. The molecular formula is C14H20N5O14P3-4. The Kier molecular flexibility index (Phi) is 8.90. The van der Waals surface area contributed by atoms with E-state index in [1.165, 1.54) is 4.57 Å². The quantitative estimate of drug-likeness (QED) is 0.168. The van der Waals surface area contributed by atoms with Crippen molar-refractivity contribution in [1.82, 2.24) is 19.5 Å². The Bertz CT molecular complexity index is 1220. The molecular weight excluding hydrogens is 555 g/mol. The number of unbranched alkanes of at least 4 members (excludes halogenated alkanes) is 1. The smallest absolute Gasteiger partial charge is 0.320 e. The molecule has 0 saturated carbocycles. The summed E-state index contributed by atoms with van der Waals surface area (Å²) >= 11 is 0. The van der Waals surface area contributed by atoms with Gasteiger partial charge in [-0.15, -0.1) is 0 Å². The number of aliphatic hydroxyl groups excluding tert-OH is 2. The lowest BCUT2D eigenvalue weighted by molar-refractivity contribution is -0.339. The number of ether oxygens (including phenoxy) is 2. The Hall–Kier alpha value is -1.56. The van der Waals surface area contributed by atoms with Gasteiger partial charge in [0, 0.05) is 0 Å².